The van der Waals surface area contributed by atoms with Crippen LogP contribution >= 0.6 is 0 Å². The zero-order valence-corrected chi connectivity index (χ0v) is 12.4. The Hall–Kier alpha value is -2.54. The molecule has 3 rings (SSSR count). The fraction of sp³-hybridized carbons (Fsp3) is 0.100. The first-order valence-electron chi connectivity index (χ1n) is 7.16. The van der Waals surface area contributed by atoms with Gasteiger partial charge in [-0.25, -0.2) is 0 Å². The van der Waals surface area contributed by atoms with E-state index in [-0.39, 0.29) is 0 Å². The van der Waals surface area contributed by atoms with Crippen LogP contribution in [0.3, 0.4) is 0 Å². The lowest BCUT2D eigenvalue weighted by Crippen LogP contribution is -1.85. The van der Waals surface area contributed by atoms with Crippen LogP contribution in [0.5, 0.6) is 0 Å². The smallest absolute Gasteiger partial charge is 0.0314 e. The highest BCUT2D eigenvalue weighted by molar-refractivity contribution is 5.71. The Bertz CT molecular complexity index is 733. The van der Waals surface area contributed by atoms with Crippen molar-refractivity contribution >= 4 is 5.69 Å². The van der Waals surface area contributed by atoms with Gasteiger partial charge in [-0.15, -0.1) is 0 Å². The highest BCUT2D eigenvalue weighted by Gasteiger charge is 2.02. The number of benzene rings is 3. The van der Waals surface area contributed by atoms with Crippen LogP contribution in [0.2, 0.25) is 0 Å². The molecule has 0 amide bonds. The standard InChI is InChI=1S/C20H19N/c1-14-11-15(2)13-19(12-14)18-5-3-16(4-6-18)17-7-9-20(21)10-8-17/h3-13H,21H2,1-2H3. The van der Waals surface area contributed by atoms with E-state index in [1.54, 1.807) is 0 Å². The number of nitrogens with two attached hydrogens (primary N) is 1. The van der Waals surface area contributed by atoms with E-state index < -0.39 is 0 Å². The average molecular weight is 273 g/mol. The third-order valence-corrected chi connectivity index (χ3v) is 3.68. The van der Waals surface area contributed by atoms with Crippen molar-refractivity contribution in [1.29, 1.82) is 0 Å². The molecular formula is C20H19N. The molecule has 1 nitrogen and oxygen atoms in total. The van der Waals surface area contributed by atoms with Crippen LogP contribution in [-0.4, -0.2) is 0 Å². The second-order valence-electron chi connectivity index (χ2n) is 5.58. The van der Waals surface area contributed by atoms with Gasteiger partial charge in [0.05, 0.1) is 0 Å². The zero-order valence-electron chi connectivity index (χ0n) is 12.4. The molecule has 1 heteroatoms. The summed E-state index contributed by atoms with van der Waals surface area (Å²) >= 11 is 0. The van der Waals surface area contributed by atoms with Gasteiger partial charge in [0.25, 0.3) is 0 Å². The largest absolute Gasteiger partial charge is 0.399 e. The Morgan fingerprint density at radius 3 is 1.38 bits per heavy atom. The fourth-order valence-corrected chi connectivity index (χ4v) is 2.67. The van der Waals surface area contributed by atoms with Crippen molar-refractivity contribution in [2.75, 3.05) is 5.73 Å². The molecule has 21 heavy (non-hydrogen) atoms. The Morgan fingerprint density at radius 2 is 0.905 bits per heavy atom. The number of aryl methyl sites for hydroxylation is 2. The Balaban J connectivity index is 1.95. The van der Waals surface area contributed by atoms with Crippen LogP contribution in [0.4, 0.5) is 5.69 Å². The lowest BCUT2D eigenvalue weighted by Gasteiger charge is -2.07. The van der Waals surface area contributed by atoms with Gasteiger partial charge in [-0.05, 0) is 48.2 Å². The summed E-state index contributed by atoms with van der Waals surface area (Å²) in [5.74, 6) is 0. The summed E-state index contributed by atoms with van der Waals surface area (Å²) in [6.07, 6.45) is 0. The third kappa shape index (κ3) is 2.97. The quantitative estimate of drug-likeness (QED) is 0.636. The first-order chi connectivity index (χ1) is 10.1. The number of rotatable bonds is 2. The molecule has 3 aromatic carbocycles. The normalized spacial score (nSPS) is 10.6. The summed E-state index contributed by atoms with van der Waals surface area (Å²) in [5, 5.41) is 0. The predicted molar refractivity (Wildman–Crippen MR) is 91.2 cm³/mol. The molecule has 0 atom stereocenters. The van der Waals surface area contributed by atoms with Gasteiger partial charge in [-0.2, -0.15) is 0 Å². The SMILES string of the molecule is Cc1cc(C)cc(-c2ccc(-c3ccc(N)cc3)cc2)c1. The highest BCUT2D eigenvalue weighted by atomic mass is 14.5. The van der Waals surface area contributed by atoms with Gasteiger partial charge >= 0.3 is 0 Å². The molecule has 0 aromatic heterocycles. The van der Waals surface area contributed by atoms with Gasteiger partial charge in [0, 0.05) is 5.69 Å². The molecule has 0 radical (unpaired) electrons. The third-order valence-electron chi connectivity index (χ3n) is 3.68. The molecule has 0 heterocycles. The average Bonchev–Trinajstić information content (AvgIpc) is 2.47. The molecule has 0 bridgehead atoms. The van der Waals surface area contributed by atoms with E-state index in [0.717, 1.165) is 5.69 Å². The minimum Gasteiger partial charge on any atom is -0.399 e. The second kappa shape index (κ2) is 5.45. The molecular weight excluding hydrogens is 254 g/mol. The van der Waals surface area contributed by atoms with Crippen LogP contribution in [0, 0.1) is 13.8 Å². The minimum atomic E-state index is 0.797. The summed E-state index contributed by atoms with van der Waals surface area (Å²) in [4.78, 5) is 0. The van der Waals surface area contributed by atoms with Crippen LogP contribution < -0.4 is 5.73 Å². The van der Waals surface area contributed by atoms with E-state index in [0.29, 0.717) is 0 Å². The Morgan fingerprint density at radius 1 is 0.524 bits per heavy atom. The van der Waals surface area contributed by atoms with Gasteiger partial charge in [-0.3, -0.25) is 0 Å². The lowest BCUT2D eigenvalue weighted by molar-refractivity contribution is 1.38. The highest BCUT2D eigenvalue weighted by Crippen LogP contribution is 2.26. The van der Waals surface area contributed by atoms with Crippen molar-refractivity contribution in [3.8, 4) is 22.3 Å². The van der Waals surface area contributed by atoms with Crippen molar-refractivity contribution in [1.82, 2.24) is 0 Å². The number of nitrogen functional groups attached to an aromatic ring is 1. The van der Waals surface area contributed by atoms with E-state index in [1.807, 2.05) is 12.1 Å². The Labute approximate surface area is 126 Å². The minimum absolute atomic E-state index is 0.797. The van der Waals surface area contributed by atoms with E-state index >= 15 is 0 Å². The van der Waals surface area contributed by atoms with Crippen LogP contribution in [-0.2, 0) is 0 Å². The van der Waals surface area contributed by atoms with Crippen LogP contribution in [0.25, 0.3) is 22.3 Å². The lowest BCUT2D eigenvalue weighted by atomic mass is 9.98. The summed E-state index contributed by atoms with van der Waals surface area (Å²) in [6, 6.07) is 23.3. The van der Waals surface area contributed by atoms with Gasteiger partial charge in [0.2, 0.25) is 0 Å². The van der Waals surface area contributed by atoms with E-state index in [9.17, 15) is 0 Å². The topological polar surface area (TPSA) is 26.0 Å². The molecule has 2 N–H and O–H groups in total. The molecule has 0 aliphatic carbocycles. The van der Waals surface area contributed by atoms with Crippen molar-refractivity contribution in [3.63, 3.8) is 0 Å². The monoisotopic (exact) mass is 273 g/mol. The van der Waals surface area contributed by atoms with E-state index in [4.69, 9.17) is 5.73 Å². The summed E-state index contributed by atoms with van der Waals surface area (Å²) in [6.45, 7) is 4.28. The van der Waals surface area contributed by atoms with E-state index in [1.165, 1.54) is 33.4 Å². The maximum Gasteiger partial charge on any atom is 0.0314 e. The predicted octanol–water partition coefficient (Wildman–Crippen LogP) is 5.22. The molecule has 0 aliphatic rings. The van der Waals surface area contributed by atoms with Gasteiger partial charge < -0.3 is 5.73 Å². The molecule has 3 aromatic rings. The Kier molecular flexibility index (Phi) is 3.49. The van der Waals surface area contributed by atoms with E-state index in [2.05, 4.69) is 68.4 Å². The second-order valence-corrected chi connectivity index (χ2v) is 5.58. The first-order valence-corrected chi connectivity index (χ1v) is 7.16. The van der Waals surface area contributed by atoms with Crippen molar-refractivity contribution in [2.24, 2.45) is 0 Å². The zero-order chi connectivity index (χ0) is 14.8. The van der Waals surface area contributed by atoms with Gasteiger partial charge in [0.1, 0.15) is 0 Å². The summed E-state index contributed by atoms with van der Waals surface area (Å²) < 4.78 is 0. The number of hydrogen-bond donors (Lipinski definition) is 1. The summed E-state index contributed by atoms with van der Waals surface area (Å²) in [7, 11) is 0. The molecule has 0 unspecified atom stereocenters. The number of hydrogen-bond acceptors (Lipinski definition) is 1. The first kappa shape index (κ1) is 13.4. The molecule has 0 fully saturated rings. The molecule has 104 valence electrons. The molecule has 0 saturated carbocycles. The molecule has 0 saturated heterocycles. The maximum atomic E-state index is 5.73. The van der Waals surface area contributed by atoms with Gasteiger partial charge in [0.15, 0.2) is 0 Å². The molecule has 0 spiro atoms. The van der Waals surface area contributed by atoms with Crippen LogP contribution in [0.1, 0.15) is 11.1 Å². The van der Waals surface area contributed by atoms with Gasteiger partial charge in [-0.1, -0.05) is 65.7 Å². The van der Waals surface area contributed by atoms with Crippen LogP contribution in [0.15, 0.2) is 66.7 Å². The number of anilines is 1. The fourth-order valence-electron chi connectivity index (χ4n) is 2.67. The summed E-state index contributed by atoms with van der Waals surface area (Å²) in [5.41, 5.74) is 14.1. The van der Waals surface area contributed by atoms with Crippen molar-refractivity contribution in [2.45, 2.75) is 13.8 Å². The maximum absolute atomic E-state index is 5.73. The molecule has 0 aliphatic heterocycles. The van der Waals surface area contributed by atoms with Crippen molar-refractivity contribution in [3.05, 3.63) is 77.9 Å². The van der Waals surface area contributed by atoms with Crippen molar-refractivity contribution < 1.29 is 0 Å².